The molecule has 2 N–H and O–H groups in total. The molecule has 3 nitrogen and oxygen atoms in total. The van der Waals surface area contributed by atoms with E-state index in [1.807, 2.05) is 39.0 Å². The number of ether oxygens (including phenoxy) is 2. The van der Waals surface area contributed by atoms with Crippen LogP contribution in [-0.4, -0.2) is 13.7 Å². The summed E-state index contributed by atoms with van der Waals surface area (Å²) in [6.45, 7) is 6.49. The van der Waals surface area contributed by atoms with Crippen LogP contribution in [0, 0.1) is 0 Å². The Kier molecular flexibility index (Phi) is 3.58. The molecule has 1 rings (SSSR count). The molecule has 0 saturated heterocycles. The number of methoxy groups -OCH3 is 1. The maximum atomic E-state index is 6.01. The van der Waals surface area contributed by atoms with Crippen LogP contribution in [0.3, 0.4) is 0 Å². The maximum absolute atomic E-state index is 6.01. The summed E-state index contributed by atoms with van der Waals surface area (Å²) in [6.07, 6.45) is 0. The molecule has 0 aliphatic heterocycles. The number of nitrogens with two attached hydrogens (primary N) is 1. The fraction of sp³-hybridized carbons (Fsp3) is 0.500. The van der Waals surface area contributed by atoms with Crippen molar-refractivity contribution in [3.05, 3.63) is 23.8 Å². The molecule has 0 aromatic heterocycles. The molecule has 0 amide bonds. The van der Waals surface area contributed by atoms with Crippen LogP contribution in [0.15, 0.2) is 18.2 Å². The first-order valence-corrected chi connectivity index (χ1v) is 5.09. The standard InChI is InChI=1S/C12H19NO2/c1-5-15-10-7-6-9(12(2,3)13)8-11(10)14-4/h6-8H,5,13H2,1-4H3. The molecule has 0 aliphatic carbocycles. The maximum Gasteiger partial charge on any atom is 0.161 e. The fourth-order valence-corrected chi connectivity index (χ4v) is 1.34. The summed E-state index contributed by atoms with van der Waals surface area (Å²) < 4.78 is 10.7. The second kappa shape index (κ2) is 4.53. The van der Waals surface area contributed by atoms with Crippen molar-refractivity contribution in [3.8, 4) is 11.5 Å². The zero-order valence-corrected chi connectivity index (χ0v) is 9.83. The van der Waals surface area contributed by atoms with E-state index in [1.54, 1.807) is 7.11 Å². The third-order valence-corrected chi connectivity index (χ3v) is 2.21. The lowest BCUT2D eigenvalue weighted by molar-refractivity contribution is 0.310. The van der Waals surface area contributed by atoms with E-state index in [2.05, 4.69) is 0 Å². The lowest BCUT2D eigenvalue weighted by Crippen LogP contribution is -2.28. The van der Waals surface area contributed by atoms with E-state index in [4.69, 9.17) is 15.2 Å². The van der Waals surface area contributed by atoms with Crippen molar-refractivity contribution in [1.82, 2.24) is 0 Å². The van der Waals surface area contributed by atoms with Crippen LogP contribution in [0.4, 0.5) is 0 Å². The molecule has 0 heterocycles. The zero-order valence-electron chi connectivity index (χ0n) is 9.83. The Morgan fingerprint density at radius 2 is 1.93 bits per heavy atom. The Morgan fingerprint density at radius 1 is 1.27 bits per heavy atom. The van der Waals surface area contributed by atoms with Gasteiger partial charge >= 0.3 is 0 Å². The van der Waals surface area contributed by atoms with Crippen LogP contribution in [0.1, 0.15) is 26.3 Å². The summed E-state index contributed by atoms with van der Waals surface area (Å²) in [5.74, 6) is 1.49. The highest BCUT2D eigenvalue weighted by molar-refractivity contribution is 5.44. The Morgan fingerprint density at radius 3 is 2.40 bits per heavy atom. The van der Waals surface area contributed by atoms with Crippen molar-refractivity contribution in [1.29, 1.82) is 0 Å². The van der Waals surface area contributed by atoms with Gasteiger partial charge in [-0.05, 0) is 38.5 Å². The quantitative estimate of drug-likeness (QED) is 0.827. The van der Waals surface area contributed by atoms with E-state index < -0.39 is 0 Å². The summed E-state index contributed by atoms with van der Waals surface area (Å²) in [7, 11) is 1.63. The highest BCUT2D eigenvalue weighted by atomic mass is 16.5. The van der Waals surface area contributed by atoms with Gasteiger partial charge in [-0.15, -0.1) is 0 Å². The summed E-state index contributed by atoms with van der Waals surface area (Å²) in [5, 5.41) is 0. The molecule has 3 heteroatoms. The van der Waals surface area contributed by atoms with E-state index in [-0.39, 0.29) is 5.54 Å². The van der Waals surface area contributed by atoms with Crippen molar-refractivity contribution in [2.45, 2.75) is 26.3 Å². The second-order valence-electron chi connectivity index (χ2n) is 4.02. The molecule has 84 valence electrons. The number of rotatable bonds is 4. The molecule has 1 aromatic carbocycles. The highest BCUT2D eigenvalue weighted by Crippen LogP contribution is 2.31. The summed E-state index contributed by atoms with van der Waals surface area (Å²) in [6, 6.07) is 5.78. The molecular formula is C12H19NO2. The molecule has 0 atom stereocenters. The topological polar surface area (TPSA) is 44.5 Å². The lowest BCUT2D eigenvalue weighted by atomic mass is 9.95. The number of benzene rings is 1. The van der Waals surface area contributed by atoms with Crippen LogP contribution in [0.2, 0.25) is 0 Å². The average Bonchev–Trinajstić information content (AvgIpc) is 2.17. The smallest absolute Gasteiger partial charge is 0.161 e. The van der Waals surface area contributed by atoms with Gasteiger partial charge in [-0.25, -0.2) is 0 Å². The molecule has 1 aromatic rings. The first kappa shape index (κ1) is 11.9. The summed E-state index contributed by atoms with van der Waals surface area (Å²) in [5.41, 5.74) is 6.68. The van der Waals surface area contributed by atoms with E-state index in [1.165, 1.54) is 0 Å². The Labute approximate surface area is 91.2 Å². The Balaban J connectivity index is 3.08. The van der Waals surface area contributed by atoms with Crippen molar-refractivity contribution >= 4 is 0 Å². The van der Waals surface area contributed by atoms with Gasteiger partial charge in [0.05, 0.1) is 13.7 Å². The van der Waals surface area contributed by atoms with Crippen LogP contribution in [0.25, 0.3) is 0 Å². The molecule has 0 saturated carbocycles. The van der Waals surface area contributed by atoms with E-state index >= 15 is 0 Å². The molecule has 0 spiro atoms. The van der Waals surface area contributed by atoms with Crippen molar-refractivity contribution in [3.63, 3.8) is 0 Å². The predicted molar refractivity (Wildman–Crippen MR) is 61.4 cm³/mol. The van der Waals surface area contributed by atoms with Gasteiger partial charge in [0.25, 0.3) is 0 Å². The highest BCUT2D eigenvalue weighted by Gasteiger charge is 2.16. The fourth-order valence-electron chi connectivity index (χ4n) is 1.34. The van der Waals surface area contributed by atoms with Crippen LogP contribution >= 0.6 is 0 Å². The first-order chi connectivity index (χ1) is 6.99. The largest absolute Gasteiger partial charge is 0.493 e. The monoisotopic (exact) mass is 209 g/mol. The molecule has 0 aliphatic rings. The van der Waals surface area contributed by atoms with Gasteiger partial charge < -0.3 is 15.2 Å². The van der Waals surface area contributed by atoms with Gasteiger partial charge in [-0.1, -0.05) is 6.07 Å². The van der Waals surface area contributed by atoms with Gasteiger partial charge in [0.1, 0.15) is 0 Å². The third kappa shape index (κ3) is 2.86. The van der Waals surface area contributed by atoms with Gasteiger partial charge in [0.2, 0.25) is 0 Å². The SMILES string of the molecule is CCOc1ccc(C(C)(C)N)cc1OC. The molecule has 15 heavy (non-hydrogen) atoms. The summed E-state index contributed by atoms with van der Waals surface area (Å²) in [4.78, 5) is 0. The zero-order chi connectivity index (χ0) is 11.5. The minimum Gasteiger partial charge on any atom is -0.493 e. The van der Waals surface area contributed by atoms with E-state index in [0.29, 0.717) is 6.61 Å². The molecule has 0 fully saturated rings. The van der Waals surface area contributed by atoms with Gasteiger partial charge in [0.15, 0.2) is 11.5 Å². The summed E-state index contributed by atoms with van der Waals surface area (Å²) >= 11 is 0. The van der Waals surface area contributed by atoms with Gasteiger partial charge in [0, 0.05) is 5.54 Å². The molecule has 0 bridgehead atoms. The van der Waals surface area contributed by atoms with Crippen molar-refractivity contribution in [2.75, 3.05) is 13.7 Å². The Bertz CT molecular complexity index is 329. The van der Waals surface area contributed by atoms with Crippen LogP contribution < -0.4 is 15.2 Å². The minimum absolute atomic E-state index is 0.363. The van der Waals surface area contributed by atoms with Crippen LogP contribution in [0.5, 0.6) is 11.5 Å². The lowest BCUT2D eigenvalue weighted by Gasteiger charge is -2.20. The van der Waals surface area contributed by atoms with Gasteiger partial charge in [-0.2, -0.15) is 0 Å². The average molecular weight is 209 g/mol. The van der Waals surface area contributed by atoms with Crippen molar-refractivity contribution < 1.29 is 9.47 Å². The Hall–Kier alpha value is -1.22. The first-order valence-electron chi connectivity index (χ1n) is 5.09. The third-order valence-electron chi connectivity index (χ3n) is 2.21. The minimum atomic E-state index is -0.363. The number of hydrogen-bond donors (Lipinski definition) is 1. The number of hydrogen-bond acceptors (Lipinski definition) is 3. The predicted octanol–water partition coefficient (Wildman–Crippen LogP) is 2.29. The van der Waals surface area contributed by atoms with Gasteiger partial charge in [-0.3, -0.25) is 0 Å². The van der Waals surface area contributed by atoms with E-state index in [9.17, 15) is 0 Å². The van der Waals surface area contributed by atoms with Crippen LogP contribution in [-0.2, 0) is 5.54 Å². The second-order valence-corrected chi connectivity index (χ2v) is 4.02. The molecular weight excluding hydrogens is 190 g/mol. The molecule has 0 radical (unpaired) electrons. The normalized spacial score (nSPS) is 11.3. The molecule has 0 unspecified atom stereocenters. The van der Waals surface area contributed by atoms with Crippen molar-refractivity contribution in [2.24, 2.45) is 5.73 Å². The van der Waals surface area contributed by atoms with E-state index in [0.717, 1.165) is 17.1 Å².